The summed E-state index contributed by atoms with van der Waals surface area (Å²) in [6.45, 7) is 3.60. The van der Waals surface area contributed by atoms with Crippen molar-refractivity contribution >= 4 is 22.5 Å². The Balaban J connectivity index is 1.80. The quantitative estimate of drug-likeness (QED) is 0.665. The van der Waals surface area contributed by atoms with E-state index in [-0.39, 0.29) is 0 Å². The van der Waals surface area contributed by atoms with Crippen LogP contribution in [-0.2, 0) is 13.2 Å². The van der Waals surface area contributed by atoms with Crippen molar-refractivity contribution in [1.82, 2.24) is 4.57 Å². The molecule has 0 atom stereocenters. The number of rotatable bonds is 4. The number of hydrogen-bond donors (Lipinski definition) is 0. The standard InChI is InChI=1S/C17H16ClNO/c1-2-19-10-9-13-11-15(7-8-17(13)19)20-12-14-5-3-4-6-16(14)18/h3-11H,2,12H2,1H3. The number of aromatic nitrogens is 1. The summed E-state index contributed by atoms with van der Waals surface area (Å²) in [6.07, 6.45) is 2.10. The molecule has 0 saturated carbocycles. The van der Waals surface area contributed by atoms with Gasteiger partial charge in [-0.2, -0.15) is 0 Å². The maximum atomic E-state index is 6.12. The van der Waals surface area contributed by atoms with E-state index in [1.165, 1.54) is 10.9 Å². The molecule has 0 aliphatic carbocycles. The molecule has 3 aromatic rings. The molecule has 2 aromatic carbocycles. The summed E-state index contributed by atoms with van der Waals surface area (Å²) < 4.78 is 8.05. The summed E-state index contributed by atoms with van der Waals surface area (Å²) in [5.41, 5.74) is 2.23. The summed E-state index contributed by atoms with van der Waals surface area (Å²) in [4.78, 5) is 0. The van der Waals surface area contributed by atoms with E-state index < -0.39 is 0 Å². The van der Waals surface area contributed by atoms with E-state index in [2.05, 4.69) is 35.9 Å². The van der Waals surface area contributed by atoms with Crippen molar-refractivity contribution in [2.24, 2.45) is 0 Å². The highest BCUT2D eigenvalue weighted by atomic mass is 35.5. The number of fused-ring (bicyclic) bond motifs is 1. The SMILES string of the molecule is CCn1ccc2cc(OCc3ccccc3Cl)ccc21. The van der Waals surface area contributed by atoms with Crippen LogP contribution in [0.3, 0.4) is 0 Å². The second kappa shape index (κ2) is 5.59. The molecule has 0 saturated heterocycles. The van der Waals surface area contributed by atoms with Gasteiger partial charge in [-0.05, 0) is 37.3 Å². The predicted molar refractivity (Wildman–Crippen MR) is 83.4 cm³/mol. The predicted octanol–water partition coefficient (Wildman–Crippen LogP) is 4.89. The van der Waals surface area contributed by atoms with Gasteiger partial charge < -0.3 is 9.30 Å². The second-order valence-electron chi connectivity index (χ2n) is 4.70. The lowest BCUT2D eigenvalue weighted by Gasteiger charge is -2.08. The zero-order valence-electron chi connectivity index (χ0n) is 11.3. The van der Waals surface area contributed by atoms with Crippen LogP contribution in [0.15, 0.2) is 54.7 Å². The molecule has 0 aliphatic rings. The Kier molecular flexibility index (Phi) is 3.66. The van der Waals surface area contributed by atoms with Gasteiger partial charge in [0.15, 0.2) is 0 Å². The first-order valence-electron chi connectivity index (χ1n) is 6.73. The molecule has 1 heterocycles. The highest BCUT2D eigenvalue weighted by molar-refractivity contribution is 6.31. The highest BCUT2D eigenvalue weighted by Crippen LogP contribution is 2.24. The van der Waals surface area contributed by atoms with Crippen LogP contribution in [0, 0.1) is 0 Å². The van der Waals surface area contributed by atoms with Gasteiger partial charge in [0.25, 0.3) is 0 Å². The average molecular weight is 286 g/mol. The maximum Gasteiger partial charge on any atom is 0.120 e. The molecular weight excluding hydrogens is 270 g/mol. The summed E-state index contributed by atoms with van der Waals surface area (Å²) in [5.74, 6) is 0.867. The molecule has 1 aromatic heterocycles. The number of aryl methyl sites for hydroxylation is 1. The Bertz CT molecular complexity index is 733. The van der Waals surface area contributed by atoms with E-state index in [1.807, 2.05) is 30.3 Å². The highest BCUT2D eigenvalue weighted by Gasteiger charge is 2.03. The van der Waals surface area contributed by atoms with Crippen molar-refractivity contribution < 1.29 is 4.74 Å². The van der Waals surface area contributed by atoms with E-state index >= 15 is 0 Å². The van der Waals surface area contributed by atoms with Crippen LogP contribution in [0.2, 0.25) is 5.02 Å². The summed E-state index contributed by atoms with van der Waals surface area (Å²) in [6, 6.07) is 16.0. The maximum absolute atomic E-state index is 6.12. The van der Waals surface area contributed by atoms with Crippen LogP contribution in [0.5, 0.6) is 5.75 Å². The molecule has 20 heavy (non-hydrogen) atoms. The summed E-state index contributed by atoms with van der Waals surface area (Å²) in [5, 5.41) is 1.94. The molecule has 3 rings (SSSR count). The minimum absolute atomic E-state index is 0.486. The van der Waals surface area contributed by atoms with Gasteiger partial charge in [0.05, 0.1) is 0 Å². The van der Waals surface area contributed by atoms with E-state index in [0.717, 1.165) is 22.9 Å². The Morgan fingerprint density at radius 2 is 1.95 bits per heavy atom. The van der Waals surface area contributed by atoms with Crippen LogP contribution < -0.4 is 4.74 Å². The third kappa shape index (κ3) is 2.52. The minimum atomic E-state index is 0.486. The molecule has 0 N–H and O–H groups in total. The molecule has 0 fully saturated rings. The van der Waals surface area contributed by atoms with Crippen molar-refractivity contribution in [2.75, 3.05) is 0 Å². The fourth-order valence-corrected chi connectivity index (χ4v) is 2.51. The molecule has 102 valence electrons. The number of ether oxygens (including phenoxy) is 1. The Labute approximate surface area is 123 Å². The molecule has 2 nitrogen and oxygen atoms in total. The minimum Gasteiger partial charge on any atom is -0.489 e. The number of benzene rings is 2. The molecule has 0 amide bonds. The fourth-order valence-electron chi connectivity index (χ4n) is 2.32. The fraction of sp³-hybridized carbons (Fsp3) is 0.176. The van der Waals surface area contributed by atoms with Gasteiger partial charge in [-0.3, -0.25) is 0 Å². The van der Waals surface area contributed by atoms with Crippen LogP contribution in [0.4, 0.5) is 0 Å². The van der Waals surface area contributed by atoms with Crippen molar-refractivity contribution in [2.45, 2.75) is 20.1 Å². The van der Waals surface area contributed by atoms with Gasteiger partial charge >= 0.3 is 0 Å². The van der Waals surface area contributed by atoms with E-state index in [0.29, 0.717) is 6.61 Å². The first kappa shape index (κ1) is 13.1. The normalized spacial score (nSPS) is 10.9. The molecule has 0 radical (unpaired) electrons. The summed E-state index contributed by atoms with van der Waals surface area (Å²) >= 11 is 6.12. The van der Waals surface area contributed by atoms with Crippen LogP contribution in [0.1, 0.15) is 12.5 Å². The topological polar surface area (TPSA) is 14.2 Å². The molecule has 0 spiro atoms. The van der Waals surface area contributed by atoms with Crippen molar-refractivity contribution in [3.63, 3.8) is 0 Å². The van der Waals surface area contributed by atoms with Gasteiger partial charge in [-0.15, -0.1) is 0 Å². The molecule has 0 unspecified atom stereocenters. The lowest BCUT2D eigenvalue weighted by Crippen LogP contribution is -1.96. The molecule has 0 aliphatic heterocycles. The van der Waals surface area contributed by atoms with Gasteiger partial charge in [0.2, 0.25) is 0 Å². The second-order valence-corrected chi connectivity index (χ2v) is 5.11. The largest absolute Gasteiger partial charge is 0.489 e. The first-order chi connectivity index (χ1) is 9.78. The van der Waals surface area contributed by atoms with Gasteiger partial charge in [0, 0.05) is 34.2 Å². The van der Waals surface area contributed by atoms with E-state index in [4.69, 9.17) is 16.3 Å². The van der Waals surface area contributed by atoms with Crippen molar-refractivity contribution in [3.8, 4) is 5.75 Å². The third-order valence-electron chi connectivity index (χ3n) is 3.44. The van der Waals surface area contributed by atoms with Gasteiger partial charge in [-0.25, -0.2) is 0 Å². The van der Waals surface area contributed by atoms with Crippen molar-refractivity contribution in [3.05, 3.63) is 65.3 Å². The van der Waals surface area contributed by atoms with Gasteiger partial charge in [0.1, 0.15) is 12.4 Å². The van der Waals surface area contributed by atoms with Crippen molar-refractivity contribution in [1.29, 1.82) is 0 Å². The summed E-state index contributed by atoms with van der Waals surface area (Å²) in [7, 11) is 0. The Hall–Kier alpha value is -1.93. The zero-order chi connectivity index (χ0) is 13.9. The smallest absolute Gasteiger partial charge is 0.120 e. The van der Waals surface area contributed by atoms with E-state index in [1.54, 1.807) is 0 Å². The Morgan fingerprint density at radius 1 is 1.10 bits per heavy atom. The molecular formula is C17H16ClNO. The zero-order valence-corrected chi connectivity index (χ0v) is 12.1. The lowest BCUT2D eigenvalue weighted by molar-refractivity contribution is 0.307. The molecule has 3 heteroatoms. The number of nitrogens with zero attached hydrogens (tertiary/aromatic N) is 1. The number of halogens is 1. The van der Waals surface area contributed by atoms with Gasteiger partial charge in [-0.1, -0.05) is 29.8 Å². The monoisotopic (exact) mass is 285 g/mol. The average Bonchev–Trinajstić information content (AvgIpc) is 2.88. The third-order valence-corrected chi connectivity index (χ3v) is 3.80. The van der Waals surface area contributed by atoms with E-state index in [9.17, 15) is 0 Å². The van der Waals surface area contributed by atoms with Crippen LogP contribution in [-0.4, -0.2) is 4.57 Å². The number of hydrogen-bond acceptors (Lipinski definition) is 1. The van der Waals surface area contributed by atoms with Crippen LogP contribution >= 0.6 is 11.6 Å². The first-order valence-corrected chi connectivity index (χ1v) is 7.11. The lowest BCUT2D eigenvalue weighted by atomic mass is 10.2. The Morgan fingerprint density at radius 3 is 2.75 bits per heavy atom. The van der Waals surface area contributed by atoms with Crippen LogP contribution in [0.25, 0.3) is 10.9 Å². The molecule has 0 bridgehead atoms.